The molecular formula is C17H21NO4. The van der Waals surface area contributed by atoms with Crippen molar-refractivity contribution in [2.24, 2.45) is 11.3 Å². The Morgan fingerprint density at radius 1 is 1.27 bits per heavy atom. The number of aliphatic carboxylic acids is 1. The highest BCUT2D eigenvalue weighted by molar-refractivity contribution is 5.69. The zero-order chi connectivity index (χ0) is 15.6. The van der Waals surface area contributed by atoms with Crippen molar-refractivity contribution in [3.63, 3.8) is 0 Å². The van der Waals surface area contributed by atoms with E-state index in [1.807, 2.05) is 30.3 Å². The standard InChI is InChI=1S/C17H21NO4/c19-15(20)10-13-9-14(17(13)7-4-8-17)18-16(21)22-11-12-5-2-1-3-6-12/h1-3,5-6,13-14H,4,7-11H2,(H,18,21)(H,19,20). The van der Waals surface area contributed by atoms with Crippen LogP contribution in [0.3, 0.4) is 0 Å². The zero-order valence-corrected chi connectivity index (χ0v) is 12.5. The van der Waals surface area contributed by atoms with Gasteiger partial charge in [0.05, 0.1) is 0 Å². The first-order chi connectivity index (χ1) is 10.6. The SMILES string of the molecule is O=C(O)CC1CC(NC(=O)OCc2ccccc2)C12CCC2. The molecule has 0 bridgehead atoms. The van der Waals surface area contributed by atoms with Gasteiger partial charge >= 0.3 is 12.1 Å². The average Bonchev–Trinajstić information content (AvgIpc) is 2.42. The van der Waals surface area contributed by atoms with Gasteiger partial charge in [-0.05, 0) is 36.2 Å². The van der Waals surface area contributed by atoms with Crippen LogP contribution in [0.2, 0.25) is 0 Å². The maximum atomic E-state index is 11.9. The van der Waals surface area contributed by atoms with Crippen molar-refractivity contribution in [3.05, 3.63) is 35.9 Å². The Morgan fingerprint density at radius 2 is 2.00 bits per heavy atom. The van der Waals surface area contributed by atoms with Gasteiger partial charge in [0.15, 0.2) is 0 Å². The molecule has 2 N–H and O–H groups in total. The van der Waals surface area contributed by atoms with Crippen LogP contribution >= 0.6 is 0 Å². The van der Waals surface area contributed by atoms with E-state index in [0.29, 0.717) is 0 Å². The van der Waals surface area contributed by atoms with Gasteiger partial charge in [0.25, 0.3) is 0 Å². The van der Waals surface area contributed by atoms with E-state index in [1.165, 1.54) is 0 Å². The summed E-state index contributed by atoms with van der Waals surface area (Å²) in [6.07, 6.45) is 3.68. The van der Waals surface area contributed by atoms with Crippen LogP contribution in [0.25, 0.3) is 0 Å². The fourth-order valence-electron chi connectivity index (χ4n) is 3.83. The molecule has 1 aromatic carbocycles. The van der Waals surface area contributed by atoms with Gasteiger partial charge < -0.3 is 15.2 Å². The molecule has 5 heteroatoms. The number of benzene rings is 1. The monoisotopic (exact) mass is 303 g/mol. The van der Waals surface area contributed by atoms with Gasteiger partial charge in [0, 0.05) is 12.5 Å². The fraction of sp³-hybridized carbons (Fsp3) is 0.529. The van der Waals surface area contributed by atoms with E-state index < -0.39 is 12.1 Å². The van der Waals surface area contributed by atoms with Gasteiger partial charge in [-0.1, -0.05) is 36.8 Å². The molecule has 2 atom stereocenters. The minimum atomic E-state index is -0.749. The second-order valence-electron chi connectivity index (χ2n) is 6.38. The Bertz CT molecular complexity index is 553. The highest BCUT2D eigenvalue weighted by atomic mass is 16.5. The minimum Gasteiger partial charge on any atom is -0.481 e. The highest BCUT2D eigenvalue weighted by Gasteiger charge is 2.58. The molecule has 1 aromatic rings. The smallest absolute Gasteiger partial charge is 0.407 e. The Morgan fingerprint density at radius 3 is 2.59 bits per heavy atom. The molecule has 2 aliphatic carbocycles. The molecule has 1 spiro atoms. The van der Waals surface area contributed by atoms with Crippen molar-refractivity contribution < 1.29 is 19.4 Å². The number of hydrogen-bond acceptors (Lipinski definition) is 3. The lowest BCUT2D eigenvalue weighted by Crippen LogP contribution is -2.64. The summed E-state index contributed by atoms with van der Waals surface area (Å²) in [6.45, 7) is 0.255. The summed E-state index contributed by atoms with van der Waals surface area (Å²) in [7, 11) is 0. The maximum Gasteiger partial charge on any atom is 0.407 e. The number of carboxylic acids is 1. The minimum absolute atomic E-state index is 0.00412. The molecule has 2 saturated carbocycles. The first-order valence-corrected chi connectivity index (χ1v) is 7.79. The molecule has 3 rings (SSSR count). The number of nitrogens with one attached hydrogen (secondary N) is 1. The Balaban J connectivity index is 1.49. The van der Waals surface area contributed by atoms with Crippen LogP contribution in [0.4, 0.5) is 4.79 Å². The molecule has 5 nitrogen and oxygen atoms in total. The maximum absolute atomic E-state index is 11.9. The predicted octanol–water partition coefficient (Wildman–Crippen LogP) is 2.95. The average molecular weight is 303 g/mol. The molecule has 2 unspecified atom stereocenters. The number of carbonyl (C=O) groups is 2. The molecule has 2 fully saturated rings. The van der Waals surface area contributed by atoms with Gasteiger partial charge in [-0.15, -0.1) is 0 Å². The summed E-state index contributed by atoms with van der Waals surface area (Å²) >= 11 is 0. The van der Waals surface area contributed by atoms with E-state index in [2.05, 4.69) is 5.32 Å². The fourth-order valence-corrected chi connectivity index (χ4v) is 3.83. The summed E-state index contributed by atoms with van der Waals surface area (Å²) in [6, 6.07) is 9.61. The van der Waals surface area contributed by atoms with Crippen LogP contribution in [0, 0.1) is 11.3 Å². The third-order valence-corrected chi connectivity index (χ3v) is 5.24. The number of carbonyl (C=O) groups excluding carboxylic acids is 1. The number of alkyl carbamates (subject to hydrolysis) is 1. The molecule has 0 heterocycles. The topological polar surface area (TPSA) is 75.6 Å². The summed E-state index contributed by atoms with van der Waals surface area (Å²) < 4.78 is 5.25. The quantitative estimate of drug-likeness (QED) is 0.877. The van der Waals surface area contributed by atoms with Gasteiger partial charge in [-0.2, -0.15) is 0 Å². The first-order valence-electron chi connectivity index (χ1n) is 7.79. The lowest BCUT2D eigenvalue weighted by molar-refractivity contribution is -0.147. The van der Waals surface area contributed by atoms with Crippen LogP contribution in [0.5, 0.6) is 0 Å². The van der Waals surface area contributed by atoms with Gasteiger partial charge in [0.2, 0.25) is 0 Å². The zero-order valence-electron chi connectivity index (χ0n) is 12.5. The summed E-state index contributed by atoms with van der Waals surface area (Å²) in [4.78, 5) is 22.8. The van der Waals surface area contributed by atoms with Crippen molar-refractivity contribution in [2.75, 3.05) is 0 Å². The van der Waals surface area contributed by atoms with Crippen LogP contribution in [-0.2, 0) is 16.1 Å². The van der Waals surface area contributed by atoms with E-state index in [4.69, 9.17) is 9.84 Å². The second-order valence-corrected chi connectivity index (χ2v) is 6.38. The van der Waals surface area contributed by atoms with Crippen molar-refractivity contribution in [2.45, 2.75) is 44.8 Å². The van der Waals surface area contributed by atoms with Crippen LogP contribution in [0.15, 0.2) is 30.3 Å². The Kier molecular flexibility index (Phi) is 4.05. The van der Waals surface area contributed by atoms with Crippen LogP contribution in [0.1, 0.15) is 37.7 Å². The molecule has 0 aliphatic heterocycles. The summed E-state index contributed by atoms with van der Waals surface area (Å²) in [5.74, 6) is -0.556. The third kappa shape index (κ3) is 2.80. The second kappa shape index (κ2) is 5.99. The lowest BCUT2D eigenvalue weighted by Gasteiger charge is -2.61. The number of carboxylic acid groups (broad SMARTS) is 1. The molecule has 2 aliphatic rings. The number of rotatable bonds is 5. The number of amides is 1. The summed E-state index contributed by atoms with van der Waals surface area (Å²) in [5, 5.41) is 11.9. The van der Waals surface area contributed by atoms with E-state index in [9.17, 15) is 9.59 Å². The largest absolute Gasteiger partial charge is 0.481 e. The van der Waals surface area contributed by atoms with E-state index >= 15 is 0 Å². The molecule has 22 heavy (non-hydrogen) atoms. The van der Waals surface area contributed by atoms with Crippen LogP contribution in [-0.4, -0.2) is 23.2 Å². The molecular weight excluding hydrogens is 282 g/mol. The Labute approximate surface area is 129 Å². The van der Waals surface area contributed by atoms with Gasteiger partial charge in [0.1, 0.15) is 6.61 Å². The van der Waals surface area contributed by atoms with E-state index in [-0.39, 0.29) is 30.4 Å². The number of hydrogen-bond donors (Lipinski definition) is 2. The Hall–Kier alpha value is -2.04. The molecule has 0 aromatic heterocycles. The highest BCUT2D eigenvalue weighted by Crippen LogP contribution is 2.60. The number of ether oxygens (including phenoxy) is 1. The first kappa shape index (κ1) is 14.9. The molecule has 1 amide bonds. The van der Waals surface area contributed by atoms with Crippen molar-refractivity contribution >= 4 is 12.1 Å². The molecule has 0 saturated heterocycles. The third-order valence-electron chi connectivity index (χ3n) is 5.24. The predicted molar refractivity (Wildman–Crippen MR) is 80.2 cm³/mol. The van der Waals surface area contributed by atoms with Crippen LogP contribution < -0.4 is 5.32 Å². The lowest BCUT2D eigenvalue weighted by atomic mass is 9.46. The van der Waals surface area contributed by atoms with Crippen molar-refractivity contribution in [1.82, 2.24) is 5.32 Å². The molecule has 0 radical (unpaired) electrons. The van der Waals surface area contributed by atoms with Gasteiger partial charge in [-0.3, -0.25) is 4.79 Å². The van der Waals surface area contributed by atoms with E-state index in [1.54, 1.807) is 0 Å². The van der Waals surface area contributed by atoms with E-state index in [0.717, 1.165) is 31.2 Å². The molecule has 118 valence electrons. The van der Waals surface area contributed by atoms with Crippen molar-refractivity contribution in [1.29, 1.82) is 0 Å². The normalized spacial score (nSPS) is 24.9. The van der Waals surface area contributed by atoms with Crippen molar-refractivity contribution in [3.8, 4) is 0 Å². The van der Waals surface area contributed by atoms with Gasteiger partial charge in [-0.25, -0.2) is 4.79 Å². The summed E-state index contributed by atoms with van der Waals surface area (Å²) in [5.41, 5.74) is 0.956.